The van der Waals surface area contributed by atoms with Crippen molar-refractivity contribution in [3.05, 3.63) is 54.7 Å². The highest BCUT2D eigenvalue weighted by Gasteiger charge is 2.11. The van der Waals surface area contributed by atoms with Crippen molar-refractivity contribution in [2.75, 3.05) is 0 Å². The number of nitrogens with one attached hydrogen (secondary N) is 1. The number of H-pyrrole nitrogens is 1. The molecule has 0 unspecified atom stereocenters. The van der Waals surface area contributed by atoms with Gasteiger partial charge in [0.15, 0.2) is 0 Å². The smallest absolute Gasteiger partial charge is 0.115 e. The summed E-state index contributed by atoms with van der Waals surface area (Å²) in [5.41, 5.74) is 5.21. The van der Waals surface area contributed by atoms with Gasteiger partial charge in [-0.05, 0) is 25.1 Å². The van der Waals surface area contributed by atoms with Crippen molar-refractivity contribution in [3.63, 3.8) is 0 Å². The van der Waals surface area contributed by atoms with Gasteiger partial charge < -0.3 is 4.98 Å². The lowest BCUT2D eigenvalue weighted by Crippen LogP contribution is -1.87. The Morgan fingerprint density at radius 3 is 2.70 bits per heavy atom. The Balaban J connectivity index is 2.11. The maximum absolute atomic E-state index is 4.48. The minimum Gasteiger partial charge on any atom is -0.353 e. The van der Waals surface area contributed by atoms with Gasteiger partial charge in [0.25, 0.3) is 0 Å². The second kappa shape index (κ2) is 4.13. The maximum Gasteiger partial charge on any atom is 0.115 e. The zero-order valence-electron chi connectivity index (χ0n) is 11.0. The Kier molecular flexibility index (Phi) is 2.29. The number of nitrogens with zero attached hydrogens (tertiary/aromatic N) is 3. The van der Waals surface area contributed by atoms with Crippen LogP contribution in [-0.2, 0) is 0 Å². The molecule has 1 N–H and O–H groups in total. The monoisotopic (exact) mass is 260 g/mol. The third-order valence-corrected chi connectivity index (χ3v) is 3.51. The largest absolute Gasteiger partial charge is 0.353 e. The Labute approximate surface area is 115 Å². The molecule has 4 nitrogen and oxygen atoms in total. The molecule has 96 valence electrons. The summed E-state index contributed by atoms with van der Waals surface area (Å²) in [4.78, 5) is 16.1. The van der Waals surface area contributed by atoms with Gasteiger partial charge >= 0.3 is 0 Å². The molecular weight excluding hydrogens is 248 g/mol. The van der Waals surface area contributed by atoms with E-state index in [9.17, 15) is 0 Å². The lowest BCUT2D eigenvalue weighted by atomic mass is 10.1. The average molecular weight is 260 g/mol. The van der Waals surface area contributed by atoms with Gasteiger partial charge in [0.05, 0.1) is 11.2 Å². The highest BCUT2D eigenvalue weighted by atomic mass is 14.8. The minimum absolute atomic E-state index is 0.886. The van der Waals surface area contributed by atoms with Gasteiger partial charge in [0.2, 0.25) is 0 Å². The van der Waals surface area contributed by atoms with Gasteiger partial charge in [0, 0.05) is 40.4 Å². The number of aromatic nitrogens is 4. The first-order chi connectivity index (χ1) is 9.83. The second-order valence-electron chi connectivity index (χ2n) is 4.88. The number of aryl methyl sites for hydroxylation is 1. The van der Waals surface area contributed by atoms with Gasteiger partial charge in [-0.1, -0.05) is 11.6 Å². The molecule has 0 aliphatic rings. The van der Waals surface area contributed by atoms with Crippen molar-refractivity contribution in [3.8, 4) is 11.3 Å². The predicted octanol–water partition coefficient (Wildman–Crippen LogP) is 3.48. The van der Waals surface area contributed by atoms with E-state index in [4.69, 9.17) is 0 Å². The van der Waals surface area contributed by atoms with Gasteiger partial charge in [-0.25, -0.2) is 9.97 Å². The van der Waals surface area contributed by atoms with Crippen LogP contribution in [0.1, 0.15) is 5.56 Å². The summed E-state index contributed by atoms with van der Waals surface area (Å²) in [6.45, 7) is 2.10. The lowest BCUT2D eigenvalue weighted by Gasteiger charge is -2.00. The van der Waals surface area contributed by atoms with Crippen LogP contribution in [-0.4, -0.2) is 19.9 Å². The summed E-state index contributed by atoms with van der Waals surface area (Å²) in [7, 11) is 0. The van der Waals surface area contributed by atoms with Crippen LogP contribution in [0, 0.1) is 6.92 Å². The van der Waals surface area contributed by atoms with Gasteiger partial charge in [-0.15, -0.1) is 0 Å². The first-order valence-corrected chi connectivity index (χ1v) is 6.45. The van der Waals surface area contributed by atoms with E-state index < -0.39 is 0 Å². The van der Waals surface area contributed by atoms with Crippen molar-refractivity contribution in [2.24, 2.45) is 0 Å². The van der Waals surface area contributed by atoms with E-state index in [0.717, 1.165) is 22.3 Å². The molecular formula is C16H12N4. The summed E-state index contributed by atoms with van der Waals surface area (Å²) in [5, 5.41) is 2.40. The van der Waals surface area contributed by atoms with Crippen molar-refractivity contribution in [1.29, 1.82) is 0 Å². The molecule has 0 fully saturated rings. The molecule has 20 heavy (non-hydrogen) atoms. The zero-order chi connectivity index (χ0) is 13.5. The lowest BCUT2D eigenvalue weighted by molar-refractivity contribution is 1.16. The summed E-state index contributed by atoms with van der Waals surface area (Å²) in [6, 6.07) is 8.45. The minimum atomic E-state index is 0.886. The van der Waals surface area contributed by atoms with E-state index in [0.29, 0.717) is 0 Å². The molecule has 0 spiro atoms. The number of benzene rings is 1. The third kappa shape index (κ3) is 1.58. The molecule has 3 aromatic heterocycles. The van der Waals surface area contributed by atoms with E-state index >= 15 is 0 Å². The average Bonchev–Trinajstić information content (AvgIpc) is 2.86. The van der Waals surface area contributed by atoms with Gasteiger partial charge in [0.1, 0.15) is 6.33 Å². The van der Waals surface area contributed by atoms with E-state index in [-0.39, 0.29) is 0 Å². The first-order valence-electron chi connectivity index (χ1n) is 6.45. The topological polar surface area (TPSA) is 54.5 Å². The Morgan fingerprint density at radius 2 is 1.85 bits per heavy atom. The van der Waals surface area contributed by atoms with Crippen molar-refractivity contribution in [2.45, 2.75) is 6.92 Å². The van der Waals surface area contributed by atoms with Crippen molar-refractivity contribution < 1.29 is 0 Å². The van der Waals surface area contributed by atoms with Crippen LogP contribution in [0.2, 0.25) is 0 Å². The zero-order valence-corrected chi connectivity index (χ0v) is 11.0. The highest BCUT2D eigenvalue weighted by molar-refractivity contribution is 6.11. The molecule has 4 aromatic rings. The molecule has 0 aliphatic carbocycles. The Morgan fingerprint density at radius 1 is 1.00 bits per heavy atom. The molecule has 4 heteroatoms. The van der Waals surface area contributed by atoms with Crippen LogP contribution >= 0.6 is 0 Å². The van der Waals surface area contributed by atoms with Crippen LogP contribution in [0.3, 0.4) is 0 Å². The Bertz CT molecular complexity index is 910. The molecule has 0 aliphatic heterocycles. The third-order valence-electron chi connectivity index (χ3n) is 3.51. The fraction of sp³-hybridized carbons (Fsp3) is 0.0625. The summed E-state index contributed by atoms with van der Waals surface area (Å²) in [6.07, 6.45) is 6.93. The molecule has 0 saturated heterocycles. The van der Waals surface area contributed by atoms with Gasteiger partial charge in [-0.2, -0.15) is 0 Å². The molecule has 0 bridgehead atoms. The number of aromatic amines is 1. The molecule has 3 heterocycles. The fourth-order valence-electron chi connectivity index (χ4n) is 2.58. The number of fused-ring (bicyclic) bond motifs is 3. The number of pyridine rings is 1. The molecule has 0 saturated carbocycles. The standard InChI is InChI=1S/C16H12N4/c1-10-2-3-14-13(6-10)12-4-5-19-15(16(12)20-14)11-7-17-9-18-8-11/h2-9,20H,1H3. The van der Waals surface area contributed by atoms with Crippen molar-refractivity contribution >= 4 is 21.8 Å². The molecule has 0 amide bonds. The molecule has 0 atom stereocenters. The van der Waals surface area contributed by atoms with E-state index in [1.54, 1.807) is 12.4 Å². The number of hydrogen-bond donors (Lipinski definition) is 1. The van der Waals surface area contributed by atoms with Crippen LogP contribution in [0.4, 0.5) is 0 Å². The van der Waals surface area contributed by atoms with E-state index in [2.05, 4.69) is 45.1 Å². The first kappa shape index (κ1) is 11.1. The van der Waals surface area contributed by atoms with Crippen LogP contribution in [0.25, 0.3) is 33.1 Å². The second-order valence-corrected chi connectivity index (χ2v) is 4.88. The molecule has 1 aromatic carbocycles. The molecule has 0 radical (unpaired) electrons. The van der Waals surface area contributed by atoms with Gasteiger partial charge in [-0.3, -0.25) is 4.98 Å². The van der Waals surface area contributed by atoms with E-state index in [1.165, 1.54) is 22.7 Å². The number of rotatable bonds is 1. The summed E-state index contributed by atoms with van der Waals surface area (Å²) in [5.74, 6) is 0. The van der Waals surface area contributed by atoms with Crippen LogP contribution < -0.4 is 0 Å². The van der Waals surface area contributed by atoms with Crippen LogP contribution in [0.5, 0.6) is 0 Å². The maximum atomic E-state index is 4.48. The predicted molar refractivity (Wildman–Crippen MR) is 79.4 cm³/mol. The summed E-state index contributed by atoms with van der Waals surface area (Å²) < 4.78 is 0. The highest BCUT2D eigenvalue weighted by Crippen LogP contribution is 2.31. The fourth-order valence-corrected chi connectivity index (χ4v) is 2.58. The molecule has 4 rings (SSSR count). The Hall–Kier alpha value is -2.75. The number of hydrogen-bond acceptors (Lipinski definition) is 3. The van der Waals surface area contributed by atoms with Crippen molar-refractivity contribution in [1.82, 2.24) is 19.9 Å². The van der Waals surface area contributed by atoms with E-state index in [1.807, 2.05) is 12.3 Å². The summed E-state index contributed by atoms with van der Waals surface area (Å²) >= 11 is 0. The normalized spacial score (nSPS) is 11.2. The quantitative estimate of drug-likeness (QED) is 0.570. The SMILES string of the molecule is Cc1ccc2[nH]c3c(-c4cncnc4)nccc3c2c1. The van der Waals surface area contributed by atoms with Crippen LogP contribution in [0.15, 0.2) is 49.2 Å².